The van der Waals surface area contributed by atoms with Gasteiger partial charge in [-0.3, -0.25) is 4.98 Å². The second-order valence-electron chi connectivity index (χ2n) is 8.32. The van der Waals surface area contributed by atoms with Crippen LogP contribution in [0, 0.1) is 5.82 Å². The summed E-state index contributed by atoms with van der Waals surface area (Å²) in [4.78, 5) is 12.1. The number of likely N-dealkylation sites (tertiary alicyclic amines) is 1. The predicted octanol–water partition coefficient (Wildman–Crippen LogP) is 5.49. The molecule has 1 unspecified atom stereocenters. The smallest absolute Gasteiger partial charge is 0.123 e. The van der Waals surface area contributed by atoms with Gasteiger partial charge in [-0.1, -0.05) is 25.5 Å². The SMILES string of the molecule is CCCCN1CCCC1CCc1nc(-c2ccc(-c3cccc(F)c3)nc2)cn1C. The van der Waals surface area contributed by atoms with Gasteiger partial charge < -0.3 is 9.47 Å². The third-order valence-electron chi connectivity index (χ3n) is 6.15. The molecule has 4 rings (SSSR count). The van der Waals surface area contributed by atoms with Crippen LogP contribution in [-0.2, 0) is 13.5 Å². The zero-order chi connectivity index (χ0) is 20.9. The highest BCUT2D eigenvalue weighted by molar-refractivity contribution is 5.64. The molecular weight excluding hydrogens is 375 g/mol. The molecule has 0 N–H and O–H groups in total. The van der Waals surface area contributed by atoms with E-state index in [0.29, 0.717) is 6.04 Å². The fourth-order valence-electron chi connectivity index (χ4n) is 4.41. The van der Waals surface area contributed by atoms with E-state index in [1.165, 1.54) is 57.3 Å². The van der Waals surface area contributed by atoms with E-state index in [1.54, 1.807) is 6.07 Å². The van der Waals surface area contributed by atoms with Crippen molar-refractivity contribution >= 4 is 0 Å². The van der Waals surface area contributed by atoms with Crippen molar-refractivity contribution in [1.29, 1.82) is 0 Å². The van der Waals surface area contributed by atoms with Gasteiger partial charge in [0.25, 0.3) is 0 Å². The summed E-state index contributed by atoms with van der Waals surface area (Å²) < 4.78 is 15.6. The van der Waals surface area contributed by atoms with Crippen LogP contribution in [0.4, 0.5) is 4.39 Å². The monoisotopic (exact) mass is 406 g/mol. The Kier molecular flexibility index (Phi) is 6.58. The molecule has 5 heteroatoms. The second-order valence-corrected chi connectivity index (χ2v) is 8.32. The first-order chi connectivity index (χ1) is 14.6. The predicted molar refractivity (Wildman–Crippen MR) is 120 cm³/mol. The van der Waals surface area contributed by atoms with Crippen LogP contribution in [0.2, 0.25) is 0 Å². The van der Waals surface area contributed by atoms with Crippen LogP contribution in [0.3, 0.4) is 0 Å². The van der Waals surface area contributed by atoms with E-state index in [1.807, 2.05) is 24.4 Å². The standard InChI is InChI=1S/C25H31FN4/c1-3-4-14-30-15-6-9-22(30)11-13-25-28-24(18-29(25)2)20-10-12-23(27-17-20)19-7-5-8-21(26)16-19/h5,7-8,10,12,16-18,22H,3-4,6,9,11,13-15H2,1-2H3. The highest BCUT2D eigenvalue weighted by atomic mass is 19.1. The summed E-state index contributed by atoms with van der Waals surface area (Å²) in [6, 6.07) is 11.2. The number of imidazole rings is 1. The Morgan fingerprint density at radius 3 is 2.80 bits per heavy atom. The summed E-state index contributed by atoms with van der Waals surface area (Å²) in [6.45, 7) is 4.75. The quantitative estimate of drug-likeness (QED) is 0.496. The lowest BCUT2D eigenvalue weighted by atomic mass is 10.1. The highest BCUT2D eigenvalue weighted by Gasteiger charge is 2.24. The summed E-state index contributed by atoms with van der Waals surface area (Å²) in [7, 11) is 2.07. The summed E-state index contributed by atoms with van der Waals surface area (Å²) in [6.07, 6.45) is 11.3. The maximum absolute atomic E-state index is 13.5. The molecule has 1 aliphatic heterocycles. The Morgan fingerprint density at radius 1 is 1.13 bits per heavy atom. The third-order valence-corrected chi connectivity index (χ3v) is 6.15. The number of aromatic nitrogens is 3. The number of rotatable bonds is 8. The average molecular weight is 407 g/mol. The molecule has 0 radical (unpaired) electrons. The molecule has 0 aliphatic carbocycles. The largest absolute Gasteiger partial charge is 0.337 e. The molecule has 2 aromatic heterocycles. The van der Waals surface area contributed by atoms with E-state index >= 15 is 0 Å². The summed E-state index contributed by atoms with van der Waals surface area (Å²) >= 11 is 0. The molecule has 1 atom stereocenters. The van der Waals surface area contributed by atoms with Crippen molar-refractivity contribution in [2.75, 3.05) is 13.1 Å². The van der Waals surface area contributed by atoms with Crippen molar-refractivity contribution in [3.63, 3.8) is 0 Å². The number of aryl methyl sites for hydroxylation is 2. The van der Waals surface area contributed by atoms with Gasteiger partial charge in [0.2, 0.25) is 0 Å². The minimum atomic E-state index is -0.247. The number of hydrogen-bond acceptors (Lipinski definition) is 3. The summed E-state index contributed by atoms with van der Waals surface area (Å²) in [5, 5.41) is 0. The molecule has 3 aromatic rings. The van der Waals surface area contributed by atoms with Crippen molar-refractivity contribution in [3.05, 3.63) is 60.4 Å². The third kappa shape index (κ3) is 4.78. The number of unbranched alkanes of at least 4 members (excludes halogenated alkanes) is 1. The zero-order valence-electron chi connectivity index (χ0n) is 18.0. The van der Waals surface area contributed by atoms with Gasteiger partial charge in [0.1, 0.15) is 11.6 Å². The van der Waals surface area contributed by atoms with Gasteiger partial charge in [0, 0.05) is 43.0 Å². The van der Waals surface area contributed by atoms with Gasteiger partial charge in [-0.15, -0.1) is 0 Å². The molecule has 3 heterocycles. The zero-order valence-corrected chi connectivity index (χ0v) is 18.0. The van der Waals surface area contributed by atoms with Crippen LogP contribution < -0.4 is 0 Å². The van der Waals surface area contributed by atoms with Crippen LogP contribution >= 0.6 is 0 Å². The number of benzene rings is 1. The Labute approximate surface area is 178 Å². The number of halogens is 1. The first kappa shape index (κ1) is 20.7. The van der Waals surface area contributed by atoms with E-state index < -0.39 is 0 Å². The normalized spacial score (nSPS) is 17.0. The molecule has 0 saturated carbocycles. The molecule has 1 fully saturated rings. The maximum atomic E-state index is 13.5. The Morgan fingerprint density at radius 2 is 2.03 bits per heavy atom. The first-order valence-corrected chi connectivity index (χ1v) is 11.1. The van der Waals surface area contributed by atoms with E-state index in [0.717, 1.165) is 34.8 Å². The average Bonchev–Trinajstić information content (AvgIpc) is 3.36. The minimum absolute atomic E-state index is 0.247. The fraction of sp³-hybridized carbons (Fsp3) is 0.440. The van der Waals surface area contributed by atoms with Gasteiger partial charge in [-0.05, 0) is 63.0 Å². The topological polar surface area (TPSA) is 34.0 Å². The van der Waals surface area contributed by atoms with Gasteiger partial charge >= 0.3 is 0 Å². The van der Waals surface area contributed by atoms with Gasteiger partial charge in [-0.2, -0.15) is 0 Å². The van der Waals surface area contributed by atoms with Crippen molar-refractivity contribution in [1.82, 2.24) is 19.4 Å². The molecule has 0 amide bonds. The molecule has 1 aromatic carbocycles. The van der Waals surface area contributed by atoms with E-state index in [9.17, 15) is 4.39 Å². The number of hydrogen-bond donors (Lipinski definition) is 0. The first-order valence-electron chi connectivity index (χ1n) is 11.1. The minimum Gasteiger partial charge on any atom is -0.337 e. The lowest BCUT2D eigenvalue weighted by Crippen LogP contribution is -2.30. The maximum Gasteiger partial charge on any atom is 0.123 e. The second kappa shape index (κ2) is 9.52. The van der Waals surface area contributed by atoms with E-state index in [-0.39, 0.29) is 5.82 Å². The molecule has 4 nitrogen and oxygen atoms in total. The van der Waals surface area contributed by atoms with Crippen LogP contribution in [0.15, 0.2) is 48.8 Å². The van der Waals surface area contributed by atoms with Crippen LogP contribution in [0.25, 0.3) is 22.5 Å². The Balaban J connectivity index is 1.42. The molecule has 0 spiro atoms. The molecule has 1 saturated heterocycles. The van der Waals surface area contributed by atoms with Crippen molar-refractivity contribution < 1.29 is 4.39 Å². The molecule has 1 aliphatic rings. The van der Waals surface area contributed by atoms with Crippen LogP contribution in [0.1, 0.15) is 44.9 Å². The summed E-state index contributed by atoms with van der Waals surface area (Å²) in [5.74, 6) is 0.879. The Bertz CT molecular complexity index is 964. The molecule has 30 heavy (non-hydrogen) atoms. The highest BCUT2D eigenvalue weighted by Crippen LogP contribution is 2.25. The van der Waals surface area contributed by atoms with Crippen LogP contribution in [-0.4, -0.2) is 38.6 Å². The number of pyridine rings is 1. The van der Waals surface area contributed by atoms with Gasteiger partial charge in [0.15, 0.2) is 0 Å². The fourth-order valence-corrected chi connectivity index (χ4v) is 4.41. The van der Waals surface area contributed by atoms with Crippen molar-refractivity contribution in [2.24, 2.45) is 7.05 Å². The lowest BCUT2D eigenvalue weighted by molar-refractivity contribution is 0.238. The Hall–Kier alpha value is -2.53. The van der Waals surface area contributed by atoms with E-state index in [2.05, 4.69) is 34.6 Å². The molecular formula is C25H31FN4. The summed E-state index contributed by atoms with van der Waals surface area (Å²) in [5.41, 5.74) is 3.48. The van der Waals surface area contributed by atoms with E-state index in [4.69, 9.17) is 4.98 Å². The molecule has 0 bridgehead atoms. The van der Waals surface area contributed by atoms with Gasteiger partial charge in [0.05, 0.1) is 11.4 Å². The van der Waals surface area contributed by atoms with Crippen molar-refractivity contribution in [2.45, 2.75) is 51.5 Å². The lowest BCUT2D eigenvalue weighted by Gasteiger charge is -2.24. The molecule has 158 valence electrons. The number of nitrogens with zero attached hydrogens (tertiary/aromatic N) is 4. The van der Waals surface area contributed by atoms with Crippen LogP contribution in [0.5, 0.6) is 0 Å². The van der Waals surface area contributed by atoms with Gasteiger partial charge in [-0.25, -0.2) is 9.37 Å². The van der Waals surface area contributed by atoms with Crippen molar-refractivity contribution in [3.8, 4) is 22.5 Å².